The van der Waals surface area contributed by atoms with Gasteiger partial charge in [-0.2, -0.15) is 0 Å². The molecule has 0 aliphatic carbocycles. The van der Waals surface area contributed by atoms with Crippen LogP contribution in [0, 0.1) is 0 Å². The molecule has 0 aliphatic heterocycles. The molecule has 0 heterocycles. The molecule has 5 nitrogen and oxygen atoms in total. The third-order valence-electron chi connectivity index (χ3n) is 1.93. The van der Waals surface area contributed by atoms with Gasteiger partial charge in [-0.05, 0) is 39.0 Å². The molecule has 0 saturated carbocycles. The van der Waals surface area contributed by atoms with Crippen LogP contribution in [0.2, 0.25) is 0 Å². The van der Waals surface area contributed by atoms with Crippen molar-refractivity contribution in [3.05, 3.63) is 42.5 Å². The first-order valence-electron chi connectivity index (χ1n) is 5.74. The van der Waals surface area contributed by atoms with Crippen molar-refractivity contribution in [2.45, 2.75) is 26.4 Å². The van der Waals surface area contributed by atoms with Crippen LogP contribution in [0.25, 0.3) is 0 Å². The van der Waals surface area contributed by atoms with Crippen LogP contribution in [0.4, 0.5) is 5.69 Å². The maximum Gasteiger partial charge on any atom is 0.355 e. The van der Waals surface area contributed by atoms with E-state index in [1.807, 2.05) is 0 Å². The molecule has 5 heteroatoms. The Morgan fingerprint density at radius 1 is 1.32 bits per heavy atom. The van der Waals surface area contributed by atoms with E-state index in [0.717, 1.165) is 6.08 Å². The molecule has 1 rings (SSSR count). The first kappa shape index (κ1) is 14.8. The van der Waals surface area contributed by atoms with E-state index in [4.69, 9.17) is 4.74 Å². The number of hydrogen-bond acceptors (Lipinski definition) is 5. The summed E-state index contributed by atoms with van der Waals surface area (Å²) in [5.74, 6) is -1.05. The quantitative estimate of drug-likeness (QED) is 0.514. The largest absolute Gasteiger partial charge is 0.456 e. The number of hydrogen-bond donors (Lipinski definition) is 1. The van der Waals surface area contributed by atoms with Crippen molar-refractivity contribution in [2.24, 2.45) is 0 Å². The van der Waals surface area contributed by atoms with E-state index in [0.29, 0.717) is 11.3 Å². The second kappa shape index (κ2) is 6.04. The molecule has 0 atom stereocenters. The van der Waals surface area contributed by atoms with Gasteiger partial charge in [0.15, 0.2) is 0 Å². The Balaban J connectivity index is 2.74. The fraction of sp³-hybridized carbons (Fsp3) is 0.286. The molecule has 0 unspecified atom stereocenters. The fourth-order valence-corrected chi connectivity index (χ4v) is 1.20. The minimum atomic E-state index is -0.609. The number of nitrogens with one attached hydrogen (secondary N) is 1. The normalized spacial score (nSPS) is 10.5. The summed E-state index contributed by atoms with van der Waals surface area (Å²) in [6.45, 7) is 8.64. The van der Waals surface area contributed by atoms with E-state index < -0.39 is 17.5 Å². The Labute approximate surface area is 112 Å². The third-order valence-corrected chi connectivity index (χ3v) is 1.93. The summed E-state index contributed by atoms with van der Waals surface area (Å²) in [7, 11) is 0. The Morgan fingerprint density at radius 2 is 2.00 bits per heavy atom. The lowest BCUT2D eigenvalue weighted by atomic mass is 10.1. The van der Waals surface area contributed by atoms with Crippen LogP contribution in [0.1, 0.15) is 31.1 Å². The second-order valence-corrected chi connectivity index (χ2v) is 4.81. The van der Waals surface area contributed by atoms with Crippen LogP contribution in [0.3, 0.4) is 0 Å². The van der Waals surface area contributed by atoms with Gasteiger partial charge in [0.05, 0.1) is 11.3 Å². The minimum absolute atomic E-state index is 0.370. The molecular formula is C14H17NO4. The van der Waals surface area contributed by atoms with Crippen LogP contribution in [-0.4, -0.2) is 17.5 Å². The zero-order chi connectivity index (χ0) is 14.5. The summed E-state index contributed by atoms with van der Waals surface area (Å²) in [6, 6.07) is 6.46. The summed E-state index contributed by atoms with van der Waals surface area (Å²) >= 11 is 0. The molecule has 1 aromatic rings. The molecule has 1 aromatic carbocycles. The molecule has 102 valence electrons. The summed E-state index contributed by atoms with van der Waals surface area (Å²) in [5.41, 5.74) is 2.71. The number of benzene rings is 1. The molecule has 0 radical (unpaired) electrons. The molecule has 0 spiro atoms. The van der Waals surface area contributed by atoms with Gasteiger partial charge < -0.3 is 9.57 Å². The smallest absolute Gasteiger partial charge is 0.355 e. The van der Waals surface area contributed by atoms with Crippen molar-refractivity contribution in [3.63, 3.8) is 0 Å². The lowest BCUT2D eigenvalue weighted by molar-refractivity contribution is -0.134. The zero-order valence-electron chi connectivity index (χ0n) is 11.2. The monoisotopic (exact) mass is 263 g/mol. The third kappa shape index (κ3) is 5.25. The van der Waals surface area contributed by atoms with Gasteiger partial charge in [0.2, 0.25) is 0 Å². The van der Waals surface area contributed by atoms with Crippen molar-refractivity contribution in [3.8, 4) is 0 Å². The van der Waals surface area contributed by atoms with E-state index in [9.17, 15) is 9.59 Å². The van der Waals surface area contributed by atoms with Gasteiger partial charge in [-0.25, -0.2) is 15.1 Å². The summed E-state index contributed by atoms with van der Waals surface area (Å²) in [6.07, 6.45) is 1.03. The molecule has 0 aromatic heterocycles. The van der Waals surface area contributed by atoms with Gasteiger partial charge in [-0.1, -0.05) is 12.6 Å². The predicted octanol–water partition coefficient (Wildman–Crippen LogP) is 2.70. The maximum atomic E-state index is 11.8. The highest BCUT2D eigenvalue weighted by atomic mass is 16.7. The van der Waals surface area contributed by atoms with Crippen molar-refractivity contribution >= 4 is 17.6 Å². The molecule has 19 heavy (non-hydrogen) atoms. The first-order valence-corrected chi connectivity index (χ1v) is 5.74. The molecule has 0 fully saturated rings. The van der Waals surface area contributed by atoms with Crippen molar-refractivity contribution in [1.82, 2.24) is 0 Å². The van der Waals surface area contributed by atoms with E-state index in [-0.39, 0.29) is 0 Å². The second-order valence-electron chi connectivity index (χ2n) is 4.81. The van der Waals surface area contributed by atoms with E-state index in [1.165, 1.54) is 6.07 Å². The van der Waals surface area contributed by atoms with Crippen LogP contribution in [0.5, 0.6) is 0 Å². The molecule has 0 saturated heterocycles. The highest BCUT2D eigenvalue weighted by Gasteiger charge is 2.17. The number of ether oxygens (including phenoxy) is 1. The predicted molar refractivity (Wildman–Crippen MR) is 71.5 cm³/mol. The lowest BCUT2D eigenvalue weighted by Crippen LogP contribution is -2.23. The standard InChI is InChI=1S/C14H17NO4/c1-5-12(16)19-15-11-8-6-7-10(9-11)13(17)18-14(2,3)4/h5-9,15H,1H2,2-4H3. The molecule has 0 aliphatic rings. The topological polar surface area (TPSA) is 64.6 Å². The van der Waals surface area contributed by atoms with E-state index in [2.05, 4.69) is 16.9 Å². The number of esters is 1. The molecular weight excluding hydrogens is 246 g/mol. The van der Waals surface area contributed by atoms with Gasteiger partial charge in [-0.3, -0.25) is 0 Å². The molecule has 0 amide bonds. The molecule has 1 N–H and O–H groups in total. The average molecular weight is 263 g/mol. The van der Waals surface area contributed by atoms with Crippen molar-refractivity contribution in [2.75, 3.05) is 5.48 Å². The van der Waals surface area contributed by atoms with Crippen molar-refractivity contribution < 1.29 is 19.2 Å². The van der Waals surface area contributed by atoms with Gasteiger partial charge >= 0.3 is 11.9 Å². The summed E-state index contributed by atoms with van der Waals surface area (Å²) in [5, 5.41) is 0. The van der Waals surface area contributed by atoms with Crippen LogP contribution >= 0.6 is 0 Å². The number of rotatable bonds is 4. The lowest BCUT2D eigenvalue weighted by Gasteiger charge is -2.19. The van der Waals surface area contributed by atoms with Gasteiger partial charge in [0, 0.05) is 6.08 Å². The van der Waals surface area contributed by atoms with E-state index >= 15 is 0 Å². The summed E-state index contributed by atoms with van der Waals surface area (Å²) < 4.78 is 5.23. The van der Waals surface area contributed by atoms with Gasteiger partial charge in [-0.15, -0.1) is 0 Å². The number of carbonyl (C=O) groups is 2. The van der Waals surface area contributed by atoms with Gasteiger partial charge in [0.25, 0.3) is 0 Å². The number of carbonyl (C=O) groups excluding carboxylic acids is 2. The Kier molecular flexibility index (Phi) is 4.69. The SMILES string of the molecule is C=CC(=O)ONc1cccc(C(=O)OC(C)(C)C)c1. The van der Waals surface area contributed by atoms with Crippen molar-refractivity contribution in [1.29, 1.82) is 0 Å². The summed E-state index contributed by atoms with van der Waals surface area (Å²) in [4.78, 5) is 27.4. The van der Waals surface area contributed by atoms with Crippen LogP contribution < -0.4 is 5.48 Å². The highest BCUT2D eigenvalue weighted by molar-refractivity contribution is 5.90. The van der Waals surface area contributed by atoms with Gasteiger partial charge in [0.1, 0.15) is 5.60 Å². The first-order chi connectivity index (χ1) is 8.81. The number of anilines is 1. The van der Waals surface area contributed by atoms with E-state index in [1.54, 1.807) is 39.0 Å². The molecule has 0 bridgehead atoms. The Morgan fingerprint density at radius 3 is 2.58 bits per heavy atom. The Hall–Kier alpha value is -2.30. The van der Waals surface area contributed by atoms with Crippen LogP contribution in [-0.2, 0) is 14.4 Å². The zero-order valence-corrected chi connectivity index (χ0v) is 11.2. The Bertz CT molecular complexity index is 488. The maximum absolute atomic E-state index is 11.8. The average Bonchev–Trinajstić information content (AvgIpc) is 2.34. The minimum Gasteiger partial charge on any atom is -0.456 e. The highest BCUT2D eigenvalue weighted by Crippen LogP contribution is 2.15. The fourth-order valence-electron chi connectivity index (χ4n) is 1.20. The van der Waals surface area contributed by atoms with Crippen LogP contribution in [0.15, 0.2) is 36.9 Å².